The fourth-order valence-electron chi connectivity index (χ4n) is 2.55. The summed E-state index contributed by atoms with van der Waals surface area (Å²) in [5.74, 6) is -0.475. The van der Waals surface area contributed by atoms with Crippen LogP contribution in [0.3, 0.4) is 0 Å². The van der Waals surface area contributed by atoms with Crippen LogP contribution in [0, 0.1) is 0 Å². The van der Waals surface area contributed by atoms with Gasteiger partial charge in [-0.2, -0.15) is 0 Å². The molecule has 1 aliphatic rings. The minimum atomic E-state index is -0.191. The molecule has 118 valence electrons. The smallest absolute Gasteiger partial charge is 0.253 e. The van der Waals surface area contributed by atoms with E-state index in [1.807, 2.05) is 17.5 Å². The van der Waals surface area contributed by atoms with Gasteiger partial charge in [0.05, 0.1) is 12.2 Å². The highest BCUT2D eigenvalue weighted by molar-refractivity contribution is 7.09. The molecule has 1 aliphatic heterocycles. The third-order valence-electron chi connectivity index (χ3n) is 3.74. The van der Waals surface area contributed by atoms with Crippen molar-refractivity contribution >= 4 is 34.7 Å². The zero-order chi connectivity index (χ0) is 16.4. The molecule has 0 radical (unpaired) electrons. The summed E-state index contributed by atoms with van der Waals surface area (Å²) in [6.07, 6.45) is 0.506. The lowest BCUT2D eigenvalue weighted by atomic mass is 10.1. The van der Waals surface area contributed by atoms with Crippen LogP contribution in [0.1, 0.15) is 28.1 Å². The fraction of sp³-hybridized carbons (Fsp3) is 0.235. The van der Waals surface area contributed by atoms with Crippen LogP contribution in [0.4, 0.5) is 5.69 Å². The summed E-state index contributed by atoms with van der Waals surface area (Å²) in [6.45, 7) is 0.557. The molecule has 0 aliphatic carbocycles. The number of amides is 3. The van der Waals surface area contributed by atoms with E-state index in [9.17, 15) is 14.4 Å². The maximum Gasteiger partial charge on any atom is 0.253 e. The van der Waals surface area contributed by atoms with E-state index in [1.165, 1.54) is 4.90 Å². The van der Waals surface area contributed by atoms with Gasteiger partial charge in [-0.15, -0.1) is 11.3 Å². The summed E-state index contributed by atoms with van der Waals surface area (Å²) in [4.78, 5) is 39.8. The molecule has 2 heterocycles. The average Bonchev–Trinajstić information content (AvgIpc) is 3.17. The minimum Gasteiger partial charge on any atom is -0.337 e. The van der Waals surface area contributed by atoms with Crippen LogP contribution in [0.5, 0.6) is 0 Å². The Morgan fingerprint density at radius 1 is 1.13 bits per heavy atom. The molecule has 0 N–H and O–H groups in total. The molecule has 6 heteroatoms. The van der Waals surface area contributed by atoms with Crippen molar-refractivity contribution in [3.05, 3.63) is 52.2 Å². The molecule has 1 fully saturated rings. The summed E-state index contributed by atoms with van der Waals surface area (Å²) >= 11 is 1.61. The topological polar surface area (TPSA) is 57.7 Å². The zero-order valence-corrected chi connectivity index (χ0v) is 13.5. The lowest BCUT2D eigenvalue weighted by molar-refractivity contribution is -0.121. The Hall–Kier alpha value is -2.47. The number of imide groups is 1. The Bertz CT molecular complexity index is 722. The number of hydrogen-bond donors (Lipinski definition) is 0. The summed E-state index contributed by atoms with van der Waals surface area (Å²) in [5, 5.41) is 1.98. The summed E-state index contributed by atoms with van der Waals surface area (Å²) in [7, 11) is 1.75. The second-order valence-corrected chi connectivity index (χ2v) is 6.44. The van der Waals surface area contributed by atoms with Gasteiger partial charge in [0.15, 0.2) is 0 Å². The number of benzene rings is 1. The number of rotatable bonds is 4. The number of anilines is 1. The quantitative estimate of drug-likeness (QED) is 0.811. The van der Waals surface area contributed by atoms with Gasteiger partial charge in [0.2, 0.25) is 11.8 Å². The lowest BCUT2D eigenvalue weighted by Gasteiger charge is -2.18. The van der Waals surface area contributed by atoms with Gasteiger partial charge in [-0.25, -0.2) is 0 Å². The third-order valence-corrected chi connectivity index (χ3v) is 4.60. The fourth-order valence-corrected chi connectivity index (χ4v) is 3.30. The second-order valence-electron chi connectivity index (χ2n) is 5.41. The normalized spacial score (nSPS) is 14.4. The first-order chi connectivity index (χ1) is 11.1. The average molecular weight is 328 g/mol. The Labute approximate surface area is 138 Å². The van der Waals surface area contributed by atoms with Crippen molar-refractivity contribution in [3.8, 4) is 0 Å². The first-order valence-corrected chi connectivity index (χ1v) is 8.18. The number of thiophene rings is 1. The van der Waals surface area contributed by atoms with Crippen LogP contribution in [-0.4, -0.2) is 29.7 Å². The van der Waals surface area contributed by atoms with E-state index < -0.39 is 0 Å². The monoisotopic (exact) mass is 328 g/mol. The number of hydrogen-bond acceptors (Lipinski definition) is 4. The van der Waals surface area contributed by atoms with E-state index in [-0.39, 0.29) is 30.6 Å². The van der Waals surface area contributed by atoms with Crippen LogP contribution >= 0.6 is 11.3 Å². The molecule has 1 saturated heterocycles. The molecule has 2 aromatic rings. The van der Waals surface area contributed by atoms with Crippen LogP contribution < -0.4 is 4.90 Å². The van der Waals surface area contributed by atoms with E-state index in [2.05, 4.69) is 0 Å². The first-order valence-electron chi connectivity index (χ1n) is 7.30. The SMILES string of the molecule is CN(Cc1cccs1)C(=O)c1ccc(N2C(=O)CCC2=O)cc1. The molecule has 0 atom stereocenters. The molecule has 1 aromatic heterocycles. The van der Waals surface area contributed by atoms with Crippen LogP contribution in [0.15, 0.2) is 41.8 Å². The van der Waals surface area contributed by atoms with Gasteiger partial charge >= 0.3 is 0 Å². The van der Waals surface area contributed by atoms with Crippen LogP contribution in [-0.2, 0) is 16.1 Å². The van der Waals surface area contributed by atoms with Crippen molar-refractivity contribution in [3.63, 3.8) is 0 Å². The predicted octanol–water partition coefficient (Wildman–Crippen LogP) is 2.67. The predicted molar refractivity (Wildman–Crippen MR) is 88.3 cm³/mol. The van der Waals surface area contributed by atoms with Gasteiger partial charge in [-0.1, -0.05) is 6.07 Å². The van der Waals surface area contributed by atoms with Gasteiger partial charge in [0.1, 0.15) is 0 Å². The second kappa shape index (κ2) is 6.34. The summed E-state index contributed by atoms with van der Waals surface area (Å²) < 4.78 is 0. The minimum absolute atomic E-state index is 0.0935. The lowest BCUT2D eigenvalue weighted by Crippen LogP contribution is -2.29. The molecular weight excluding hydrogens is 312 g/mol. The van der Waals surface area contributed by atoms with E-state index in [1.54, 1.807) is 47.5 Å². The number of nitrogens with zero attached hydrogens (tertiary/aromatic N) is 2. The molecular formula is C17H16N2O3S. The molecule has 0 saturated carbocycles. The molecule has 1 aromatic carbocycles. The van der Waals surface area contributed by atoms with Crippen molar-refractivity contribution < 1.29 is 14.4 Å². The third kappa shape index (κ3) is 3.17. The van der Waals surface area contributed by atoms with Crippen molar-refractivity contribution in [2.24, 2.45) is 0 Å². The van der Waals surface area contributed by atoms with E-state index >= 15 is 0 Å². The number of carbonyl (C=O) groups is 3. The highest BCUT2D eigenvalue weighted by Crippen LogP contribution is 2.23. The van der Waals surface area contributed by atoms with Gasteiger partial charge < -0.3 is 4.90 Å². The standard InChI is InChI=1S/C17H16N2O3S/c1-18(11-14-3-2-10-23-14)17(22)12-4-6-13(7-5-12)19-15(20)8-9-16(19)21/h2-7,10H,8-9,11H2,1H3. The molecule has 3 rings (SSSR count). The Morgan fingerprint density at radius 3 is 2.35 bits per heavy atom. The van der Waals surface area contributed by atoms with Gasteiger partial charge in [-0.3, -0.25) is 19.3 Å². The highest BCUT2D eigenvalue weighted by atomic mass is 32.1. The zero-order valence-electron chi connectivity index (χ0n) is 12.7. The molecule has 5 nitrogen and oxygen atoms in total. The summed E-state index contributed by atoms with van der Waals surface area (Å²) in [5.41, 5.74) is 1.06. The van der Waals surface area contributed by atoms with Crippen molar-refractivity contribution in [1.82, 2.24) is 4.90 Å². The molecule has 0 bridgehead atoms. The van der Waals surface area contributed by atoms with E-state index in [4.69, 9.17) is 0 Å². The van der Waals surface area contributed by atoms with Crippen molar-refractivity contribution in [2.75, 3.05) is 11.9 Å². The maximum atomic E-state index is 12.4. The molecule has 0 unspecified atom stereocenters. The van der Waals surface area contributed by atoms with Gasteiger partial charge in [0, 0.05) is 30.3 Å². The van der Waals surface area contributed by atoms with Gasteiger partial charge in [0.25, 0.3) is 5.91 Å². The van der Waals surface area contributed by atoms with Gasteiger partial charge in [-0.05, 0) is 35.7 Å². The highest BCUT2D eigenvalue weighted by Gasteiger charge is 2.30. The van der Waals surface area contributed by atoms with Crippen LogP contribution in [0.25, 0.3) is 0 Å². The van der Waals surface area contributed by atoms with E-state index in [0.717, 1.165) is 4.88 Å². The largest absolute Gasteiger partial charge is 0.337 e. The van der Waals surface area contributed by atoms with E-state index in [0.29, 0.717) is 17.8 Å². The maximum absolute atomic E-state index is 12.4. The van der Waals surface area contributed by atoms with Crippen LogP contribution in [0.2, 0.25) is 0 Å². The van der Waals surface area contributed by atoms with Crippen molar-refractivity contribution in [2.45, 2.75) is 19.4 Å². The first kappa shape index (κ1) is 15.4. The molecule has 23 heavy (non-hydrogen) atoms. The molecule has 0 spiro atoms. The Morgan fingerprint density at radius 2 is 1.78 bits per heavy atom. The van der Waals surface area contributed by atoms with Crippen molar-refractivity contribution in [1.29, 1.82) is 0 Å². The summed E-state index contributed by atoms with van der Waals surface area (Å²) in [6, 6.07) is 10.5. The Balaban J connectivity index is 1.72. The molecule has 3 amide bonds. The number of carbonyl (C=O) groups excluding carboxylic acids is 3. The Kier molecular flexibility index (Phi) is 4.25.